The maximum Gasteiger partial charge on any atom is 0.270 e. The summed E-state index contributed by atoms with van der Waals surface area (Å²) >= 11 is 0. The van der Waals surface area contributed by atoms with Crippen molar-refractivity contribution in [3.8, 4) is 5.75 Å². The Bertz CT molecular complexity index is 1340. The van der Waals surface area contributed by atoms with E-state index >= 15 is 0 Å². The number of benzene rings is 2. The molecule has 184 valence electrons. The summed E-state index contributed by atoms with van der Waals surface area (Å²) in [5.74, 6) is 4.63. The Balaban J connectivity index is 1.36. The van der Waals surface area contributed by atoms with Crippen molar-refractivity contribution in [3.05, 3.63) is 77.2 Å². The van der Waals surface area contributed by atoms with Gasteiger partial charge in [0.05, 0.1) is 11.6 Å². The van der Waals surface area contributed by atoms with Gasteiger partial charge in [0, 0.05) is 18.2 Å². The van der Waals surface area contributed by atoms with Gasteiger partial charge in [-0.15, -0.1) is 0 Å². The summed E-state index contributed by atoms with van der Waals surface area (Å²) in [5.41, 5.74) is 8.47. The number of amides is 3. The second-order valence-electron chi connectivity index (χ2n) is 7.99. The summed E-state index contributed by atoms with van der Waals surface area (Å²) in [6, 6.07) is 13.6. The van der Waals surface area contributed by atoms with Crippen molar-refractivity contribution < 1.29 is 19.1 Å². The predicted molar refractivity (Wildman–Crippen MR) is 132 cm³/mol. The Morgan fingerprint density at radius 1 is 1.17 bits per heavy atom. The molecular weight excluding hydrogens is 464 g/mol. The van der Waals surface area contributed by atoms with E-state index in [0.29, 0.717) is 17.0 Å². The zero-order chi connectivity index (χ0) is 25.7. The van der Waals surface area contributed by atoms with Crippen LogP contribution in [0.15, 0.2) is 60.0 Å². The fraction of sp³-hybridized carbons (Fsp3) is 0.167. The standard InChI is InChI=1S/C24H24N8O4/c1-13(15-3-5-16(6-4-15)22(25)32-26)23(34)31-20-9-18(28-12-29-20)24(35)27-10-14-2-7-19-17(8-14)30-21(33)11-36-19/h2-9,12-13H,10-11,26H2,1H3,(H2,25,32)(H,27,35)(H,30,33)(H,28,29,31,34). The molecule has 1 aromatic heterocycles. The van der Waals surface area contributed by atoms with Crippen LogP contribution < -0.4 is 32.3 Å². The number of aromatic nitrogens is 2. The molecule has 7 N–H and O–H groups in total. The number of hydrazone groups is 1. The summed E-state index contributed by atoms with van der Waals surface area (Å²) in [7, 11) is 0. The molecule has 2 aromatic carbocycles. The van der Waals surface area contributed by atoms with Gasteiger partial charge in [-0.05, 0) is 30.2 Å². The van der Waals surface area contributed by atoms with Gasteiger partial charge in [0.15, 0.2) is 6.61 Å². The van der Waals surface area contributed by atoms with Crippen LogP contribution in [-0.4, -0.2) is 40.1 Å². The second-order valence-corrected chi connectivity index (χ2v) is 7.99. The van der Waals surface area contributed by atoms with Gasteiger partial charge >= 0.3 is 0 Å². The number of nitrogens with two attached hydrogens (primary N) is 2. The van der Waals surface area contributed by atoms with Crippen LogP contribution in [0.2, 0.25) is 0 Å². The van der Waals surface area contributed by atoms with E-state index in [4.69, 9.17) is 16.3 Å². The highest BCUT2D eigenvalue weighted by molar-refractivity contribution is 5.99. The molecule has 0 bridgehead atoms. The summed E-state index contributed by atoms with van der Waals surface area (Å²) in [6.45, 7) is 1.91. The van der Waals surface area contributed by atoms with Crippen LogP contribution in [0.1, 0.15) is 40.0 Å². The molecular formula is C24H24N8O4. The topological polar surface area (TPSA) is 187 Å². The molecule has 0 saturated carbocycles. The van der Waals surface area contributed by atoms with Crippen molar-refractivity contribution in [1.29, 1.82) is 0 Å². The minimum Gasteiger partial charge on any atom is -0.482 e. The quantitative estimate of drug-likeness (QED) is 0.141. The molecule has 0 radical (unpaired) electrons. The van der Waals surface area contributed by atoms with Crippen LogP contribution >= 0.6 is 0 Å². The van der Waals surface area contributed by atoms with E-state index in [-0.39, 0.29) is 42.3 Å². The zero-order valence-electron chi connectivity index (χ0n) is 19.3. The largest absolute Gasteiger partial charge is 0.482 e. The van der Waals surface area contributed by atoms with Gasteiger partial charge < -0.3 is 32.3 Å². The average Bonchev–Trinajstić information content (AvgIpc) is 2.90. The summed E-state index contributed by atoms with van der Waals surface area (Å²) in [6.07, 6.45) is 1.20. The van der Waals surface area contributed by atoms with E-state index in [1.54, 1.807) is 49.4 Å². The van der Waals surface area contributed by atoms with Crippen LogP contribution in [0.5, 0.6) is 5.75 Å². The Hall–Kier alpha value is -5.00. The lowest BCUT2D eigenvalue weighted by atomic mass is 9.99. The molecule has 0 aliphatic carbocycles. The lowest BCUT2D eigenvalue weighted by Crippen LogP contribution is -2.26. The number of hydrogen-bond acceptors (Lipinski definition) is 8. The Kier molecular flexibility index (Phi) is 7.04. The molecule has 0 fully saturated rings. The molecule has 1 unspecified atom stereocenters. The number of carbonyl (C=O) groups is 3. The molecule has 3 aromatic rings. The lowest BCUT2D eigenvalue weighted by molar-refractivity contribution is -0.119. The molecule has 2 heterocycles. The van der Waals surface area contributed by atoms with E-state index < -0.39 is 11.8 Å². The molecule has 0 saturated heterocycles. The van der Waals surface area contributed by atoms with Crippen molar-refractivity contribution in [2.24, 2.45) is 16.7 Å². The minimum absolute atomic E-state index is 0.0278. The van der Waals surface area contributed by atoms with Crippen LogP contribution in [0.3, 0.4) is 0 Å². The number of nitrogens with zero attached hydrogens (tertiary/aromatic N) is 3. The highest BCUT2D eigenvalue weighted by Gasteiger charge is 2.18. The second kappa shape index (κ2) is 10.5. The van der Waals surface area contributed by atoms with E-state index in [2.05, 4.69) is 31.0 Å². The summed E-state index contributed by atoms with van der Waals surface area (Å²) in [5, 5.41) is 11.6. The maximum absolute atomic E-state index is 12.7. The van der Waals surface area contributed by atoms with Crippen molar-refractivity contribution in [1.82, 2.24) is 15.3 Å². The molecule has 1 aliphatic rings. The maximum atomic E-state index is 12.7. The fourth-order valence-electron chi connectivity index (χ4n) is 3.47. The minimum atomic E-state index is -0.504. The van der Waals surface area contributed by atoms with Crippen molar-refractivity contribution in [2.75, 3.05) is 17.2 Å². The van der Waals surface area contributed by atoms with Gasteiger partial charge in [0.1, 0.15) is 29.4 Å². The number of hydrogen-bond donors (Lipinski definition) is 5. The predicted octanol–water partition coefficient (Wildman–Crippen LogP) is 1.06. The van der Waals surface area contributed by atoms with Crippen molar-refractivity contribution >= 4 is 35.1 Å². The van der Waals surface area contributed by atoms with Crippen molar-refractivity contribution in [3.63, 3.8) is 0 Å². The Morgan fingerprint density at radius 3 is 2.69 bits per heavy atom. The number of nitrogens with one attached hydrogen (secondary N) is 3. The Labute approximate surface area is 206 Å². The molecule has 12 heteroatoms. The molecule has 3 amide bonds. The molecule has 12 nitrogen and oxygen atoms in total. The first-order valence-corrected chi connectivity index (χ1v) is 10.9. The average molecular weight is 489 g/mol. The van der Waals surface area contributed by atoms with Crippen LogP contribution in [-0.2, 0) is 16.1 Å². The Morgan fingerprint density at radius 2 is 1.94 bits per heavy atom. The first-order valence-electron chi connectivity index (χ1n) is 10.9. The monoisotopic (exact) mass is 488 g/mol. The van der Waals surface area contributed by atoms with Crippen LogP contribution in [0.25, 0.3) is 0 Å². The smallest absolute Gasteiger partial charge is 0.270 e. The first-order chi connectivity index (χ1) is 17.3. The summed E-state index contributed by atoms with van der Waals surface area (Å²) < 4.78 is 5.33. The van der Waals surface area contributed by atoms with Gasteiger partial charge in [-0.3, -0.25) is 14.4 Å². The van der Waals surface area contributed by atoms with Gasteiger partial charge in [0.25, 0.3) is 11.8 Å². The molecule has 36 heavy (non-hydrogen) atoms. The lowest BCUT2D eigenvalue weighted by Gasteiger charge is -2.18. The highest BCUT2D eigenvalue weighted by atomic mass is 16.5. The third-order valence-corrected chi connectivity index (χ3v) is 5.52. The van der Waals surface area contributed by atoms with Crippen LogP contribution in [0.4, 0.5) is 11.5 Å². The van der Waals surface area contributed by atoms with Gasteiger partial charge in [-0.25, -0.2) is 9.97 Å². The normalized spacial score (nSPS) is 13.6. The van der Waals surface area contributed by atoms with E-state index in [9.17, 15) is 14.4 Å². The number of fused-ring (bicyclic) bond motifs is 1. The number of carbonyl (C=O) groups excluding carboxylic acids is 3. The molecule has 4 rings (SSSR count). The van der Waals surface area contributed by atoms with Gasteiger partial charge in [0.2, 0.25) is 5.91 Å². The number of anilines is 2. The molecule has 1 aliphatic heterocycles. The van der Waals surface area contributed by atoms with Crippen molar-refractivity contribution in [2.45, 2.75) is 19.4 Å². The van der Waals surface area contributed by atoms with E-state index in [1.165, 1.54) is 12.4 Å². The molecule has 0 spiro atoms. The number of rotatable bonds is 7. The molecule has 1 atom stereocenters. The third kappa shape index (κ3) is 5.55. The van der Waals surface area contributed by atoms with Gasteiger partial charge in [-0.2, -0.15) is 5.10 Å². The fourth-order valence-corrected chi connectivity index (χ4v) is 3.47. The number of amidine groups is 1. The van der Waals surface area contributed by atoms with Crippen LogP contribution in [0, 0.1) is 0 Å². The highest BCUT2D eigenvalue weighted by Crippen LogP contribution is 2.28. The zero-order valence-corrected chi connectivity index (χ0v) is 19.3. The van der Waals surface area contributed by atoms with E-state index in [1.807, 2.05) is 0 Å². The SMILES string of the molecule is CC(C(=O)Nc1cc(C(=O)NCc2ccc3c(c2)NC(=O)CO3)ncn1)c1ccc(/C(N)=N/N)cc1. The number of ether oxygens (including phenoxy) is 1. The first kappa shape index (κ1) is 24.1. The van der Waals surface area contributed by atoms with E-state index in [0.717, 1.165) is 11.1 Å². The summed E-state index contributed by atoms with van der Waals surface area (Å²) in [4.78, 5) is 44.9. The third-order valence-electron chi connectivity index (χ3n) is 5.52. The van der Waals surface area contributed by atoms with Gasteiger partial charge in [-0.1, -0.05) is 30.3 Å².